The quantitative estimate of drug-likeness (QED) is 0.596. The predicted octanol–water partition coefficient (Wildman–Crippen LogP) is 4.49. The van der Waals surface area contributed by atoms with Gasteiger partial charge in [0, 0.05) is 23.7 Å². The number of benzene rings is 2. The van der Waals surface area contributed by atoms with Gasteiger partial charge in [-0.25, -0.2) is 9.79 Å². The summed E-state index contributed by atoms with van der Waals surface area (Å²) in [4.78, 5) is 42.2. The van der Waals surface area contributed by atoms with Crippen LogP contribution in [-0.2, 0) is 9.59 Å². The maximum absolute atomic E-state index is 12.8. The van der Waals surface area contributed by atoms with Crippen LogP contribution in [-0.4, -0.2) is 44.8 Å². The number of hydrogen-bond donors (Lipinski definition) is 2. The molecule has 3 rings (SSSR count). The number of aliphatic imine (C=N–C) groups is 1. The average Bonchev–Trinajstić information content (AvgIpc) is 3.00. The highest BCUT2D eigenvalue weighted by molar-refractivity contribution is 8.15. The molecule has 1 heterocycles. The summed E-state index contributed by atoms with van der Waals surface area (Å²) in [5.74, 6) is -1.62. The topological polar surface area (TPSA) is 99.1 Å². The van der Waals surface area contributed by atoms with E-state index in [0.29, 0.717) is 21.6 Å². The van der Waals surface area contributed by atoms with Crippen LogP contribution in [0, 0.1) is 6.92 Å². The zero-order valence-corrected chi connectivity index (χ0v) is 18.2. The molecule has 0 spiro atoms. The number of anilines is 1. The molecule has 2 amide bonds. The maximum atomic E-state index is 12.8. The fourth-order valence-electron chi connectivity index (χ4n) is 2.86. The number of halogens is 1. The lowest BCUT2D eigenvalue weighted by Crippen LogP contribution is -2.33. The first-order valence-electron chi connectivity index (χ1n) is 9.35. The van der Waals surface area contributed by atoms with Crippen molar-refractivity contribution in [3.63, 3.8) is 0 Å². The van der Waals surface area contributed by atoms with Crippen LogP contribution in [0.5, 0.6) is 0 Å². The molecule has 31 heavy (non-hydrogen) atoms. The minimum Gasteiger partial charge on any atom is -0.478 e. The molecule has 1 aliphatic rings. The first-order valence-corrected chi connectivity index (χ1v) is 10.6. The Morgan fingerprint density at radius 2 is 2.00 bits per heavy atom. The predicted molar refractivity (Wildman–Crippen MR) is 123 cm³/mol. The van der Waals surface area contributed by atoms with Gasteiger partial charge in [0.25, 0.3) is 0 Å². The number of aromatic carboxylic acids is 1. The van der Waals surface area contributed by atoms with Crippen LogP contribution in [0.4, 0.5) is 11.4 Å². The number of amides is 2. The van der Waals surface area contributed by atoms with E-state index >= 15 is 0 Å². The van der Waals surface area contributed by atoms with E-state index in [1.807, 2.05) is 19.1 Å². The zero-order valence-electron chi connectivity index (χ0n) is 16.7. The fraction of sp³-hybridized carbons (Fsp3) is 0.182. The van der Waals surface area contributed by atoms with E-state index < -0.39 is 11.2 Å². The Morgan fingerprint density at radius 3 is 2.61 bits per heavy atom. The summed E-state index contributed by atoms with van der Waals surface area (Å²) in [7, 11) is 0. The number of hydrogen-bond acceptors (Lipinski definition) is 5. The zero-order chi connectivity index (χ0) is 22.5. The number of amidine groups is 1. The molecular formula is C22H20ClN3O4S. The summed E-state index contributed by atoms with van der Waals surface area (Å²) in [6.07, 6.45) is 1.55. The molecule has 2 aromatic carbocycles. The maximum Gasteiger partial charge on any atom is 0.335 e. The molecule has 0 aromatic heterocycles. The van der Waals surface area contributed by atoms with Gasteiger partial charge in [0.2, 0.25) is 11.8 Å². The lowest BCUT2D eigenvalue weighted by Gasteiger charge is -2.14. The van der Waals surface area contributed by atoms with Gasteiger partial charge in [-0.2, -0.15) is 0 Å². The molecule has 0 saturated carbocycles. The molecule has 1 atom stereocenters. The molecule has 7 nitrogen and oxygen atoms in total. The van der Waals surface area contributed by atoms with Crippen molar-refractivity contribution in [2.45, 2.75) is 18.6 Å². The van der Waals surface area contributed by atoms with Gasteiger partial charge in [-0.05, 0) is 48.9 Å². The molecule has 160 valence electrons. The summed E-state index contributed by atoms with van der Waals surface area (Å²) < 4.78 is 0. The van der Waals surface area contributed by atoms with E-state index in [2.05, 4.69) is 16.9 Å². The molecule has 1 saturated heterocycles. The molecule has 2 aromatic rings. The Hall–Kier alpha value is -3.10. The van der Waals surface area contributed by atoms with Gasteiger partial charge < -0.3 is 10.4 Å². The van der Waals surface area contributed by atoms with Gasteiger partial charge in [-0.15, -0.1) is 6.58 Å². The van der Waals surface area contributed by atoms with Gasteiger partial charge >= 0.3 is 5.97 Å². The second-order valence-electron chi connectivity index (χ2n) is 6.81. The Balaban J connectivity index is 1.72. The minimum atomic E-state index is -1.05. The molecule has 0 bridgehead atoms. The van der Waals surface area contributed by atoms with E-state index in [-0.39, 0.29) is 30.3 Å². The van der Waals surface area contributed by atoms with Crippen LogP contribution in [0.25, 0.3) is 0 Å². The van der Waals surface area contributed by atoms with Gasteiger partial charge in [0.15, 0.2) is 5.17 Å². The summed E-state index contributed by atoms with van der Waals surface area (Å²) in [5, 5.41) is 12.1. The number of thioether (sulfide) groups is 1. The lowest BCUT2D eigenvalue weighted by atomic mass is 10.2. The van der Waals surface area contributed by atoms with Gasteiger partial charge in [-0.1, -0.05) is 35.5 Å². The second-order valence-corrected chi connectivity index (χ2v) is 8.38. The standard InChI is InChI=1S/C22H20ClN3O4S/c1-3-10-26-20(28)18(31-22(26)25-16-7-4-13(2)17(23)11-16)12-19(27)24-15-8-5-14(6-9-15)21(29)30/h3-9,11,18H,1,10,12H2,2H3,(H,24,27)(H,29,30). The van der Waals surface area contributed by atoms with E-state index in [4.69, 9.17) is 16.7 Å². The van der Waals surface area contributed by atoms with Gasteiger partial charge in [0.1, 0.15) is 5.25 Å². The third-order valence-electron chi connectivity index (χ3n) is 4.50. The number of nitrogens with one attached hydrogen (secondary N) is 1. The van der Waals surface area contributed by atoms with E-state index in [0.717, 1.165) is 5.56 Å². The number of nitrogens with zero attached hydrogens (tertiary/aromatic N) is 2. The lowest BCUT2D eigenvalue weighted by molar-refractivity contribution is -0.127. The monoisotopic (exact) mass is 457 g/mol. The van der Waals surface area contributed by atoms with E-state index in [1.54, 1.807) is 12.1 Å². The summed E-state index contributed by atoms with van der Waals surface area (Å²) >= 11 is 7.38. The van der Waals surface area contributed by atoms with Crippen LogP contribution in [0.3, 0.4) is 0 Å². The minimum absolute atomic E-state index is 0.0501. The highest BCUT2D eigenvalue weighted by Gasteiger charge is 2.38. The molecule has 0 aliphatic carbocycles. The van der Waals surface area contributed by atoms with Crippen molar-refractivity contribution in [2.24, 2.45) is 4.99 Å². The molecule has 2 N–H and O–H groups in total. The van der Waals surface area contributed by atoms with Gasteiger partial charge in [0.05, 0.1) is 11.3 Å². The van der Waals surface area contributed by atoms with E-state index in [1.165, 1.54) is 40.9 Å². The number of carboxylic acid groups (broad SMARTS) is 1. The summed E-state index contributed by atoms with van der Waals surface area (Å²) in [6, 6.07) is 11.2. The van der Waals surface area contributed by atoms with Crippen LogP contribution in [0.1, 0.15) is 22.3 Å². The largest absolute Gasteiger partial charge is 0.478 e. The van der Waals surface area contributed by atoms with Crippen molar-refractivity contribution in [3.8, 4) is 0 Å². The smallest absolute Gasteiger partial charge is 0.335 e. The Kier molecular flexibility index (Phi) is 7.14. The summed E-state index contributed by atoms with van der Waals surface area (Å²) in [6.45, 7) is 5.85. The molecule has 9 heteroatoms. The third kappa shape index (κ3) is 5.53. The van der Waals surface area contributed by atoms with Crippen LogP contribution < -0.4 is 5.32 Å². The Morgan fingerprint density at radius 1 is 1.29 bits per heavy atom. The normalized spacial score (nSPS) is 17.1. The first kappa shape index (κ1) is 22.6. The number of carbonyl (C=O) groups is 3. The Labute approximate surface area is 188 Å². The van der Waals surface area contributed by atoms with Crippen molar-refractivity contribution in [1.29, 1.82) is 0 Å². The number of carboxylic acids is 1. The van der Waals surface area contributed by atoms with Crippen LogP contribution in [0.15, 0.2) is 60.1 Å². The number of aryl methyl sites for hydroxylation is 1. The molecule has 1 aliphatic heterocycles. The second kappa shape index (κ2) is 9.80. The van der Waals surface area contributed by atoms with Crippen LogP contribution in [0.2, 0.25) is 5.02 Å². The molecule has 1 unspecified atom stereocenters. The highest BCUT2D eigenvalue weighted by atomic mass is 35.5. The first-order chi connectivity index (χ1) is 14.8. The summed E-state index contributed by atoms with van der Waals surface area (Å²) in [5.41, 5.74) is 2.12. The van der Waals surface area contributed by atoms with Crippen molar-refractivity contribution in [1.82, 2.24) is 4.90 Å². The average molecular weight is 458 g/mol. The van der Waals surface area contributed by atoms with E-state index in [9.17, 15) is 14.4 Å². The highest BCUT2D eigenvalue weighted by Crippen LogP contribution is 2.32. The van der Waals surface area contributed by atoms with Gasteiger partial charge in [-0.3, -0.25) is 14.5 Å². The Bertz CT molecular complexity index is 1070. The third-order valence-corrected chi connectivity index (χ3v) is 6.08. The number of carbonyl (C=O) groups excluding carboxylic acids is 2. The molecular weight excluding hydrogens is 438 g/mol. The van der Waals surface area contributed by atoms with Crippen molar-refractivity contribution >= 4 is 57.7 Å². The number of rotatable bonds is 7. The fourth-order valence-corrected chi connectivity index (χ4v) is 4.20. The molecule has 0 radical (unpaired) electrons. The van der Waals surface area contributed by atoms with Crippen molar-refractivity contribution < 1.29 is 19.5 Å². The van der Waals surface area contributed by atoms with Crippen molar-refractivity contribution in [2.75, 3.05) is 11.9 Å². The SMILES string of the molecule is C=CCN1C(=O)C(CC(=O)Nc2ccc(C(=O)O)cc2)SC1=Nc1ccc(C)c(Cl)c1. The molecule has 1 fully saturated rings. The van der Waals surface area contributed by atoms with Crippen LogP contribution >= 0.6 is 23.4 Å². The van der Waals surface area contributed by atoms with Crippen molar-refractivity contribution in [3.05, 3.63) is 71.3 Å².